The van der Waals surface area contributed by atoms with Gasteiger partial charge in [0.15, 0.2) is 0 Å². The molecule has 0 aromatic heterocycles. The standard InChI is InChI=1S/C14H24N2O3/c1-3-5-14(11-15,6-4-2)13(18)16-7-8-19-12(9-16)10-17/h12,17H,3-10H2,1-2H3. The molecule has 1 aliphatic rings. The van der Waals surface area contributed by atoms with E-state index in [1.54, 1.807) is 4.90 Å². The van der Waals surface area contributed by atoms with Gasteiger partial charge in [0.05, 0.1) is 25.4 Å². The Bertz CT molecular complexity index is 332. The minimum absolute atomic E-state index is 0.0924. The summed E-state index contributed by atoms with van der Waals surface area (Å²) >= 11 is 0. The van der Waals surface area contributed by atoms with Crippen LogP contribution in [0.4, 0.5) is 0 Å². The normalized spacial score (nSPS) is 20.1. The third kappa shape index (κ3) is 3.68. The number of ether oxygens (including phenoxy) is 1. The molecular weight excluding hydrogens is 244 g/mol. The van der Waals surface area contributed by atoms with Gasteiger partial charge in [-0.1, -0.05) is 26.7 Å². The van der Waals surface area contributed by atoms with E-state index in [4.69, 9.17) is 9.84 Å². The van der Waals surface area contributed by atoms with Gasteiger partial charge in [0.25, 0.3) is 0 Å². The number of carbonyl (C=O) groups is 1. The quantitative estimate of drug-likeness (QED) is 0.788. The molecule has 1 atom stereocenters. The zero-order valence-electron chi connectivity index (χ0n) is 11.9. The first-order chi connectivity index (χ1) is 9.13. The minimum Gasteiger partial charge on any atom is -0.394 e. The Hall–Kier alpha value is -1.12. The molecule has 0 spiro atoms. The van der Waals surface area contributed by atoms with Gasteiger partial charge in [-0.3, -0.25) is 4.79 Å². The summed E-state index contributed by atoms with van der Waals surface area (Å²) in [7, 11) is 0. The van der Waals surface area contributed by atoms with Crippen molar-refractivity contribution in [2.24, 2.45) is 5.41 Å². The van der Waals surface area contributed by atoms with Crippen LogP contribution in [-0.2, 0) is 9.53 Å². The summed E-state index contributed by atoms with van der Waals surface area (Å²) < 4.78 is 5.35. The van der Waals surface area contributed by atoms with Gasteiger partial charge in [0.1, 0.15) is 5.41 Å². The lowest BCUT2D eigenvalue weighted by molar-refractivity contribution is -0.148. The van der Waals surface area contributed by atoms with Crippen LogP contribution in [-0.4, -0.2) is 48.3 Å². The van der Waals surface area contributed by atoms with Crippen molar-refractivity contribution in [3.05, 3.63) is 0 Å². The second-order valence-corrected chi connectivity index (χ2v) is 5.12. The van der Waals surface area contributed by atoms with E-state index < -0.39 is 5.41 Å². The highest BCUT2D eigenvalue weighted by molar-refractivity contribution is 5.85. The first-order valence-corrected chi connectivity index (χ1v) is 7.06. The third-order valence-electron chi connectivity index (χ3n) is 3.61. The van der Waals surface area contributed by atoms with E-state index in [2.05, 4.69) is 6.07 Å². The van der Waals surface area contributed by atoms with E-state index in [0.29, 0.717) is 32.5 Å². The molecule has 0 aromatic carbocycles. The molecule has 1 fully saturated rings. The number of morpholine rings is 1. The molecule has 0 saturated carbocycles. The molecule has 0 radical (unpaired) electrons. The molecule has 1 heterocycles. The van der Waals surface area contributed by atoms with Crippen LogP contribution in [0.15, 0.2) is 0 Å². The highest BCUT2D eigenvalue weighted by atomic mass is 16.5. The number of aliphatic hydroxyl groups is 1. The number of aliphatic hydroxyl groups excluding tert-OH is 1. The van der Waals surface area contributed by atoms with E-state index >= 15 is 0 Å². The van der Waals surface area contributed by atoms with Gasteiger partial charge >= 0.3 is 0 Å². The van der Waals surface area contributed by atoms with Crippen LogP contribution in [0.1, 0.15) is 39.5 Å². The van der Waals surface area contributed by atoms with Crippen LogP contribution in [0.25, 0.3) is 0 Å². The van der Waals surface area contributed by atoms with Crippen molar-refractivity contribution in [1.82, 2.24) is 4.90 Å². The molecule has 108 valence electrons. The maximum absolute atomic E-state index is 12.7. The highest BCUT2D eigenvalue weighted by Gasteiger charge is 2.41. The topological polar surface area (TPSA) is 73.6 Å². The summed E-state index contributed by atoms with van der Waals surface area (Å²) in [6.45, 7) is 5.20. The fraction of sp³-hybridized carbons (Fsp3) is 0.857. The van der Waals surface area contributed by atoms with Crippen molar-refractivity contribution in [3.8, 4) is 6.07 Å². The van der Waals surface area contributed by atoms with Crippen LogP contribution >= 0.6 is 0 Å². The summed E-state index contributed by atoms with van der Waals surface area (Å²) in [5.41, 5.74) is -0.902. The number of nitrogens with zero attached hydrogens (tertiary/aromatic N) is 2. The number of rotatable bonds is 6. The third-order valence-corrected chi connectivity index (χ3v) is 3.61. The molecular formula is C14H24N2O3. The fourth-order valence-electron chi connectivity index (χ4n) is 2.67. The van der Waals surface area contributed by atoms with E-state index in [1.165, 1.54) is 0 Å². The molecule has 1 N–H and O–H groups in total. The first-order valence-electron chi connectivity index (χ1n) is 7.06. The maximum atomic E-state index is 12.7. The number of nitriles is 1. The number of hydrogen-bond donors (Lipinski definition) is 1. The van der Waals surface area contributed by atoms with Gasteiger partial charge in [-0.25, -0.2) is 0 Å². The van der Waals surface area contributed by atoms with Crippen LogP contribution in [0, 0.1) is 16.7 Å². The van der Waals surface area contributed by atoms with Crippen LogP contribution in [0.5, 0.6) is 0 Å². The summed E-state index contributed by atoms with van der Waals surface area (Å²) in [5.74, 6) is -0.0968. The average molecular weight is 268 g/mol. The average Bonchev–Trinajstić information content (AvgIpc) is 2.46. The first kappa shape index (κ1) is 15.9. The number of amides is 1. The largest absolute Gasteiger partial charge is 0.394 e. The molecule has 0 bridgehead atoms. The SMILES string of the molecule is CCCC(C#N)(CCC)C(=O)N1CCOC(CO)C1. The molecule has 1 aliphatic heterocycles. The van der Waals surface area contributed by atoms with Crippen LogP contribution in [0.3, 0.4) is 0 Å². The van der Waals surface area contributed by atoms with Gasteiger partial charge in [-0.15, -0.1) is 0 Å². The molecule has 1 amide bonds. The summed E-state index contributed by atoms with van der Waals surface area (Å²) in [5, 5.41) is 18.6. The lowest BCUT2D eigenvalue weighted by Crippen LogP contribution is -2.52. The highest BCUT2D eigenvalue weighted by Crippen LogP contribution is 2.32. The van der Waals surface area contributed by atoms with Crippen molar-refractivity contribution in [2.75, 3.05) is 26.3 Å². The Morgan fingerprint density at radius 2 is 2.11 bits per heavy atom. The second kappa shape index (κ2) is 7.46. The smallest absolute Gasteiger partial charge is 0.243 e. The Kier molecular flexibility index (Phi) is 6.26. The van der Waals surface area contributed by atoms with Gasteiger partial charge in [0.2, 0.25) is 5.91 Å². The van der Waals surface area contributed by atoms with E-state index in [0.717, 1.165) is 12.8 Å². The monoisotopic (exact) mass is 268 g/mol. The van der Waals surface area contributed by atoms with E-state index in [1.807, 2.05) is 13.8 Å². The van der Waals surface area contributed by atoms with Gasteiger partial charge in [-0.05, 0) is 12.8 Å². The van der Waals surface area contributed by atoms with Crippen molar-refractivity contribution in [2.45, 2.75) is 45.6 Å². The zero-order valence-corrected chi connectivity index (χ0v) is 11.9. The fourth-order valence-corrected chi connectivity index (χ4v) is 2.67. The Morgan fingerprint density at radius 3 is 2.58 bits per heavy atom. The second-order valence-electron chi connectivity index (χ2n) is 5.12. The van der Waals surface area contributed by atoms with Gasteiger partial charge in [0, 0.05) is 13.1 Å². The Morgan fingerprint density at radius 1 is 1.47 bits per heavy atom. The number of carbonyl (C=O) groups excluding carboxylic acids is 1. The Balaban J connectivity index is 2.83. The van der Waals surface area contributed by atoms with Crippen LogP contribution < -0.4 is 0 Å². The van der Waals surface area contributed by atoms with E-state index in [-0.39, 0.29) is 18.6 Å². The molecule has 0 aromatic rings. The molecule has 0 aliphatic carbocycles. The predicted molar refractivity (Wildman–Crippen MR) is 71.3 cm³/mol. The van der Waals surface area contributed by atoms with Gasteiger partial charge in [-0.2, -0.15) is 5.26 Å². The summed E-state index contributed by atoms with van der Waals surface area (Å²) in [6.07, 6.45) is 2.49. The lowest BCUT2D eigenvalue weighted by Gasteiger charge is -2.37. The molecule has 1 unspecified atom stereocenters. The lowest BCUT2D eigenvalue weighted by atomic mass is 9.79. The van der Waals surface area contributed by atoms with E-state index in [9.17, 15) is 10.1 Å². The molecule has 19 heavy (non-hydrogen) atoms. The summed E-state index contributed by atoms with van der Waals surface area (Å²) in [6, 6.07) is 2.25. The van der Waals surface area contributed by atoms with Crippen molar-refractivity contribution in [1.29, 1.82) is 5.26 Å². The van der Waals surface area contributed by atoms with Gasteiger partial charge < -0.3 is 14.7 Å². The molecule has 5 heteroatoms. The molecule has 1 rings (SSSR count). The predicted octanol–water partition coefficient (Wildman–Crippen LogP) is 1.32. The molecule has 5 nitrogen and oxygen atoms in total. The van der Waals surface area contributed by atoms with Crippen molar-refractivity contribution < 1.29 is 14.6 Å². The Labute approximate surface area is 115 Å². The molecule has 1 saturated heterocycles. The van der Waals surface area contributed by atoms with Crippen LogP contribution in [0.2, 0.25) is 0 Å². The van der Waals surface area contributed by atoms with Crippen molar-refractivity contribution >= 4 is 5.91 Å². The summed E-state index contributed by atoms with van der Waals surface area (Å²) in [4.78, 5) is 14.3. The minimum atomic E-state index is -0.902. The number of hydrogen-bond acceptors (Lipinski definition) is 4. The maximum Gasteiger partial charge on any atom is 0.243 e. The van der Waals surface area contributed by atoms with Crippen molar-refractivity contribution in [3.63, 3.8) is 0 Å². The zero-order chi connectivity index (χ0) is 14.3.